The lowest BCUT2D eigenvalue weighted by molar-refractivity contribution is -0.139. The summed E-state index contributed by atoms with van der Waals surface area (Å²) < 4.78 is 41.1. The van der Waals surface area contributed by atoms with E-state index in [0.717, 1.165) is 19.4 Å². The molecule has 0 radical (unpaired) electrons. The number of ether oxygens (including phenoxy) is 1. The van der Waals surface area contributed by atoms with E-state index in [9.17, 15) is 13.2 Å². The molecule has 1 saturated heterocycles. The molecule has 0 spiro atoms. The molecule has 1 N–H and O–H groups in total. The maximum atomic E-state index is 11.9. The highest BCUT2D eigenvalue weighted by Crippen LogP contribution is 2.21. The summed E-state index contributed by atoms with van der Waals surface area (Å²) in [6.45, 7) is 2.81. The third-order valence-corrected chi connectivity index (χ3v) is 2.26. The second-order valence-electron chi connectivity index (χ2n) is 3.76. The quantitative estimate of drug-likeness (QED) is 0.768. The molecule has 0 aromatic carbocycles. The van der Waals surface area contributed by atoms with Crippen molar-refractivity contribution in [3.63, 3.8) is 0 Å². The van der Waals surface area contributed by atoms with Gasteiger partial charge in [0, 0.05) is 19.2 Å². The summed E-state index contributed by atoms with van der Waals surface area (Å²) in [4.78, 5) is 0. The van der Waals surface area contributed by atoms with Crippen LogP contribution in [0.25, 0.3) is 0 Å². The molecule has 0 aliphatic carbocycles. The maximum Gasteiger partial charge on any atom is 0.390 e. The van der Waals surface area contributed by atoms with Crippen molar-refractivity contribution in [3.05, 3.63) is 0 Å². The molecule has 0 aromatic heterocycles. The lowest BCUT2D eigenvalue weighted by Crippen LogP contribution is -2.36. The zero-order valence-corrected chi connectivity index (χ0v) is 8.23. The summed E-state index contributed by atoms with van der Waals surface area (Å²) in [5.74, 6) is 0. The number of rotatable bonds is 4. The van der Waals surface area contributed by atoms with Gasteiger partial charge in [-0.05, 0) is 19.8 Å². The molecular formula is C9H16F3NO. The van der Waals surface area contributed by atoms with Gasteiger partial charge in [-0.15, -0.1) is 0 Å². The highest BCUT2D eigenvalue weighted by Gasteiger charge is 2.30. The fraction of sp³-hybridized carbons (Fsp3) is 1.00. The van der Waals surface area contributed by atoms with Gasteiger partial charge in [0.05, 0.1) is 12.5 Å². The summed E-state index contributed by atoms with van der Waals surface area (Å²) in [5.41, 5.74) is 0. The first-order chi connectivity index (χ1) is 6.47. The zero-order chi connectivity index (χ0) is 10.6. The molecule has 2 unspecified atom stereocenters. The van der Waals surface area contributed by atoms with E-state index in [0.29, 0.717) is 6.54 Å². The van der Waals surface area contributed by atoms with E-state index >= 15 is 0 Å². The van der Waals surface area contributed by atoms with Gasteiger partial charge in [0.15, 0.2) is 0 Å². The Bertz CT molecular complexity index is 166. The van der Waals surface area contributed by atoms with E-state index in [1.54, 1.807) is 6.92 Å². The van der Waals surface area contributed by atoms with E-state index in [1.165, 1.54) is 0 Å². The standard InChI is InChI=1S/C9H16F3NO/c1-7(5-9(10,11)12)13-6-8-3-2-4-14-8/h7-8,13H,2-6H2,1H3. The van der Waals surface area contributed by atoms with Crippen LogP contribution in [0, 0.1) is 0 Å². The minimum Gasteiger partial charge on any atom is -0.377 e. The van der Waals surface area contributed by atoms with Gasteiger partial charge < -0.3 is 10.1 Å². The number of halogens is 3. The Morgan fingerprint density at radius 3 is 2.71 bits per heavy atom. The SMILES string of the molecule is CC(CC(F)(F)F)NCC1CCCO1. The lowest BCUT2D eigenvalue weighted by Gasteiger charge is -2.18. The Balaban J connectivity index is 2.11. The highest BCUT2D eigenvalue weighted by molar-refractivity contribution is 4.72. The molecule has 0 bridgehead atoms. The van der Waals surface area contributed by atoms with Crippen LogP contribution in [0.2, 0.25) is 0 Å². The van der Waals surface area contributed by atoms with Gasteiger partial charge in [-0.2, -0.15) is 13.2 Å². The molecule has 2 nitrogen and oxygen atoms in total. The minimum absolute atomic E-state index is 0.102. The van der Waals surface area contributed by atoms with Gasteiger partial charge in [0.25, 0.3) is 0 Å². The van der Waals surface area contributed by atoms with Gasteiger partial charge in [-0.1, -0.05) is 0 Å². The topological polar surface area (TPSA) is 21.3 Å². The molecule has 84 valence electrons. The Hall–Kier alpha value is -0.290. The van der Waals surface area contributed by atoms with Crippen LogP contribution in [-0.4, -0.2) is 31.5 Å². The van der Waals surface area contributed by atoms with Crippen molar-refractivity contribution in [1.82, 2.24) is 5.32 Å². The van der Waals surface area contributed by atoms with Crippen molar-refractivity contribution >= 4 is 0 Å². The largest absolute Gasteiger partial charge is 0.390 e. The van der Waals surface area contributed by atoms with Gasteiger partial charge in [-0.3, -0.25) is 0 Å². The van der Waals surface area contributed by atoms with Crippen LogP contribution in [0.4, 0.5) is 13.2 Å². The third-order valence-electron chi connectivity index (χ3n) is 2.26. The fourth-order valence-electron chi connectivity index (χ4n) is 1.56. The first-order valence-electron chi connectivity index (χ1n) is 4.89. The summed E-state index contributed by atoms with van der Waals surface area (Å²) in [6, 6.07) is -0.529. The molecular weight excluding hydrogens is 195 g/mol. The van der Waals surface area contributed by atoms with Crippen LogP contribution in [-0.2, 0) is 4.74 Å². The molecule has 1 fully saturated rings. The van der Waals surface area contributed by atoms with Gasteiger partial charge >= 0.3 is 6.18 Å². The number of hydrogen-bond donors (Lipinski definition) is 1. The first kappa shape index (κ1) is 11.8. The lowest BCUT2D eigenvalue weighted by atomic mass is 10.2. The summed E-state index contributed by atoms with van der Waals surface area (Å²) >= 11 is 0. The van der Waals surface area contributed by atoms with Crippen molar-refractivity contribution in [3.8, 4) is 0 Å². The summed E-state index contributed by atoms with van der Waals surface area (Å²) in [7, 11) is 0. The van der Waals surface area contributed by atoms with Crippen LogP contribution in [0.1, 0.15) is 26.2 Å². The van der Waals surface area contributed by atoms with E-state index in [1.807, 2.05) is 0 Å². The highest BCUT2D eigenvalue weighted by atomic mass is 19.4. The third kappa shape index (κ3) is 4.81. The summed E-state index contributed by atoms with van der Waals surface area (Å²) in [6.07, 6.45) is -2.79. The average Bonchev–Trinajstić information content (AvgIpc) is 2.49. The van der Waals surface area contributed by atoms with Crippen LogP contribution in [0.15, 0.2) is 0 Å². The average molecular weight is 211 g/mol. The molecule has 0 aromatic rings. The van der Waals surface area contributed by atoms with E-state index in [2.05, 4.69) is 5.32 Å². The molecule has 2 atom stereocenters. The van der Waals surface area contributed by atoms with E-state index in [-0.39, 0.29) is 6.10 Å². The molecule has 1 aliphatic heterocycles. The van der Waals surface area contributed by atoms with Crippen molar-refractivity contribution in [2.45, 2.75) is 44.5 Å². The minimum atomic E-state index is -4.08. The zero-order valence-electron chi connectivity index (χ0n) is 8.23. The molecule has 5 heteroatoms. The molecule has 1 heterocycles. The van der Waals surface area contributed by atoms with Crippen molar-refractivity contribution in [2.24, 2.45) is 0 Å². The van der Waals surface area contributed by atoms with Gasteiger partial charge in [0.2, 0.25) is 0 Å². The molecule has 14 heavy (non-hydrogen) atoms. The number of hydrogen-bond acceptors (Lipinski definition) is 2. The van der Waals surface area contributed by atoms with Crippen LogP contribution in [0.5, 0.6) is 0 Å². The normalized spacial score (nSPS) is 25.3. The van der Waals surface area contributed by atoms with Crippen molar-refractivity contribution < 1.29 is 17.9 Å². The number of alkyl halides is 3. The Kier molecular flexibility index (Phi) is 4.19. The molecule has 0 amide bonds. The second kappa shape index (κ2) is 4.98. The maximum absolute atomic E-state index is 11.9. The Morgan fingerprint density at radius 2 is 2.21 bits per heavy atom. The van der Waals surface area contributed by atoms with Crippen LogP contribution in [0.3, 0.4) is 0 Å². The van der Waals surface area contributed by atoms with Gasteiger partial charge in [-0.25, -0.2) is 0 Å². The van der Waals surface area contributed by atoms with Crippen molar-refractivity contribution in [1.29, 1.82) is 0 Å². The van der Waals surface area contributed by atoms with E-state index in [4.69, 9.17) is 4.74 Å². The molecule has 1 rings (SSSR count). The smallest absolute Gasteiger partial charge is 0.377 e. The predicted octanol–water partition coefficient (Wildman–Crippen LogP) is 2.10. The van der Waals surface area contributed by atoms with E-state index < -0.39 is 18.6 Å². The Morgan fingerprint density at radius 1 is 1.50 bits per heavy atom. The molecule has 1 aliphatic rings. The number of nitrogens with one attached hydrogen (secondary N) is 1. The van der Waals surface area contributed by atoms with Gasteiger partial charge in [0.1, 0.15) is 0 Å². The van der Waals surface area contributed by atoms with Crippen LogP contribution < -0.4 is 5.32 Å². The first-order valence-corrected chi connectivity index (χ1v) is 4.89. The second-order valence-corrected chi connectivity index (χ2v) is 3.76. The monoisotopic (exact) mass is 211 g/mol. The Labute approximate surface area is 81.8 Å². The molecule has 0 saturated carbocycles. The predicted molar refractivity (Wildman–Crippen MR) is 47.1 cm³/mol. The fourth-order valence-corrected chi connectivity index (χ4v) is 1.56. The van der Waals surface area contributed by atoms with Crippen molar-refractivity contribution in [2.75, 3.05) is 13.2 Å². The van der Waals surface area contributed by atoms with Crippen LogP contribution >= 0.6 is 0 Å². The summed E-state index contributed by atoms with van der Waals surface area (Å²) in [5, 5.41) is 2.84.